The smallest absolute Gasteiger partial charge is 0.143 e. The minimum absolute atomic E-state index is 0.198. The summed E-state index contributed by atoms with van der Waals surface area (Å²) in [6.45, 7) is 0. The maximum atomic E-state index is 12.9. The molecular formula is C13H10FN3S. The van der Waals surface area contributed by atoms with Crippen LogP contribution in [0.1, 0.15) is 5.56 Å². The van der Waals surface area contributed by atoms with Crippen molar-refractivity contribution < 1.29 is 4.39 Å². The summed E-state index contributed by atoms with van der Waals surface area (Å²) in [7, 11) is 0. The molecule has 1 aromatic carbocycles. The number of pyridine rings is 1. The first-order chi connectivity index (χ1) is 8.65. The van der Waals surface area contributed by atoms with E-state index >= 15 is 0 Å². The van der Waals surface area contributed by atoms with Crippen LogP contribution in [0.2, 0.25) is 0 Å². The number of benzene rings is 1. The lowest BCUT2D eigenvalue weighted by atomic mass is 10.1. The van der Waals surface area contributed by atoms with Crippen molar-refractivity contribution in [2.75, 3.05) is 12.0 Å². The summed E-state index contributed by atoms with van der Waals surface area (Å²) in [5.74, 6) is -0.103. The molecule has 0 fully saturated rings. The standard InChI is InChI=1S/C13H10FN3S/c1-18-12-6-11(17-13(16)10(12)7-15)8-2-4-9(14)5-3-8/h2-6H,1H3,(H2,16,17). The van der Waals surface area contributed by atoms with Crippen LogP contribution in [0, 0.1) is 17.1 Å². The molecule has 0 bridgehead atoms. The highest BCUT2D eigenvalue weighted by Gasteiger charge is 2.10. The molecular weight excluding hydrogens is 249 g/mol. The fraction of sp³-hybridized carbons (Fsp3) is 0.0769. The van der Waals surface area contributed by atoms with Gasteiger partial charge in [-0.1, -0.05) is 0 Å². The largest absolute Gasteiger partial charge is 0.383 e. The van der Waals surface area contributed by atoms with Crippen LogP contribution in [-0.2, 0) is 0 Å². The Bertz CT molecular complexity index is 617. The predicted molar refractivity (Wildman–Crippen MR) is 70.5 cm³/mol. The quantitative estimate of drug-likeness (QED) is 0.842. The second-order valence-electron chi connectivity index (χ2n) is 3.59. The van der Waals surface area contributed by atoms with Crippen molar-refractivity contribution in [3.63, 3.8) is 0 Å². The van der Waals surface area contributed by atoms with Gasteiger partial charge in [-0.3, -0.25) is 0 Å². The van der Waals surface area contributed by atoms with Crippen molar-refractivity contribution in [2.24, 2.45) is 0 Å². The number of nitriles is 1. The fourth-order valence-corrected chi connectivity index (χ4v) is 2.17. The molecule has 2 N–H and O–H groups in total. The summed E-state index contributed by atoms with van der Waals surface area (Å²) in [6.07, 6.45) is 1.87. The molecule has 1 heterocycles. The summed E-state index contributed by atoms with van der Waals surface area (Å²) >= 11 is 1.43. The van der Waals surface area contributed by atoms with Gasteiger partial charge in [-0.05, 0) is 36.6 Å². The zero-order chi connectivity index (χ0) is 13.1. The third-order valence-electron chi connectivity index (χ3n) is 2.48. The zero-order valence-electron chi connectivity index (χ0n) is 9.64. The topological polar surface area (TPSA) is 62.7 Å². The molecule has 0 aliphatic carbocycles. The van der Waals surface area contributed by atoms with Crippen molar-refractivity contribution >= 4 is 17.6 Å². The van der Waals surface area contributed by atoms with Crippen molar-refractivity contribution in [3.8, 4) is 17.3 Å². The maximum Gasteiger partial charge on any atom is 0.143 e. The van der Waals surface area contributed by atoms with Crippen molar-refractivity contribution in [3.05, 3.63) is 41.7 Å². The van der Waals surface area contributed by atoms with Crippen LogP contribution in [0.5, 0.6) is 0 Å². The first-order valence-electron chi connectivity index (χ1n) is 5.16. The molecule has 18 heavy (non-hydrogen) atoms. The zero-order valence-corrected chi connectivity index (χ0v) is 10.5. The van der Waals surface area contributed by atoms with E-state index in [1.807, 2.05) is 12.3 Å². The molecule has 0 spiro atoms. The third kappa shape index (κ3) is 2.29. The van der Waals surface area contributed by atoms with Gasteiger partial charge in [0.15, 0.2) is 0 Å². The number of halogens is 1. The van der Waals surface area contributed by atoms with Crippen LogP contribution in [0.4, 0.5) is 10.2 Å². The highest BCUT2D eigenvalue weighted by Crippen LogP contribution is 2.29. The van der Waals surface area contributed by atoms with Crippen LogP contribution < -0.4 is 5.73 Å². The lowest BCUT2D eigenvalue weighted by Gasteiger charge is -2.07. The van der Waals surface area contributed by atoms with Crippen LogP contribution in [0.3, 0.4) is 0 Å². The molecule has 0 aliphatic rings. The molecule has 2 rings (SSSR count). The number of aromatic nitrogens is 1. The van der Waals surface area contributed by atoms with Crippen molar-refractivity contribution in [2.45, 2.75) is 4.90 Å². The second-order valence-corrected chi connectivity index (χ2v) is 4.44. The second kappa shape index (κ2) is 5.07. The Morgan fingerprint density at radius 1 is 1.33 bits per heavy atom. The van der Waals surface area contributed by atoms with E-state index in [0.717, 1.165) is 10.5 Å². The number of anilines is 1. The Labute approximate surface area is 108 Å². The first-order valence-corrected chi connectivity index (χ1v) is 6.38. The monoisotopic (exact) mass is 259 g/mol. The number of nitrogen functional groups attached to an aromatic ring is 1. The van der Waals surface area contributed by atoms with Gasteiger partial charge in [0, 0.05) is 10.5 Å². The van der Waals surface area contributed by atoms with E-state index in [0.29, 0.717) is 11.3 Å². The molecule has 1 aromatic heterocycles. The van der Waals surface area contributed by atoms with Crippen LogP contribution in [0.25, 0.3) is 11.3 Å². The van der Waals surface area contributed by atoms with E-state index < -0.39 is 0 Å². The average Bonchev–Trinajstić information content (AvgIpc) is 2.38. The van der Waals surface area contributed by atoms with Gasteiger partial charge in [-0.2, -0.15) is 5.26 Å². The summed E-state index contributed by atoms with van der Waals surface area (Å²) in [6, 6.07) is 9.81. The molecule has 0 radical (unpaired) electrons. The lowest BCUT2D eigenvalue weighted by Crippen LogP contribution is -1.98. The Kier molecular flexibility index (Phi) is 3.49. The van der Waals surface area contributed by atoms with Gasteiger partial charge in [0.2, 0.25) is 0 Å². The number of nitrogens with zero attached hydrogens (tertiary/aromatic N) is 2. The van der Waals surface area contributed by atoms with E-state index in [2.05, 4.69) is 4.98 Å². The molecule has 5 heteroatoms. The van der Waals surface area contributed by atoms with Crippen LogP contribution in [0.15, 0.2) is 35.2 Å². The normalized spacial score (nSPS) is 10.1. The van der Waals surface area contributed by atoms with Gasteiger partial charge in [0.1, 0.15) is 23.3 Å². The van der Waals surface area contributed by atoms with Gasteiger partial charge in [-0.15, -0.1) is 11.8 Å². The van der Waals surface area contributed by atoms with E-state index in [4.69, 9.17) is 11.0 Å². The van der Waals surface area contributed by atoms with E-state index in [9.17, 15) is 4.39 Å². The molecule has 0 aliphatic heterocycles. The Morgan fingerprint density at radius 2 is 2.00 bits per heavy atom. The summed E-state index contributed by atoms with van der Waals surface area (Å²) < 4.78 is 12.9. The van der Waals surface area contributed by atoms with Crippen molar-refractivity contribution in [1.29, 1.82) is 5.26 Å². The van der Waals surface area contributed by atoms with Gasteiger partial charge in [0.05, 0.1) is 5.69 Å². The lowest BCUT2D eigenvalue weighted by molar-refractivity contribution is 0.628. The highest BCUT2D eigenvalue weighted by molar-refractivity contribution is 7.98. The number of nitrogens with two attached hydrogens (primary N) is 1. The van der Waals surface area contributed by atoms with E-state index in [1.165, 1.54) is 23.9 Å². The molecule has 90 valence electrons. The molecule has 0 unspecified atom stereocenters. The Morgan fingerprint density at radius 3 is 2.56 bits per heavy atom. The van der Waals surface area contributed by atoms with Gasteiger partial charge < -0.3 is 5.73 Å². The SMILES string of the molecule is CSc1cc(-c2ccc(F)cc2)nc(N)c1C#N. The molecule has 3 nitrogen and oxygen atoms in total. The molecule has 0 saturated carbocycles. The Balaban J connectivity index is 2.56. The maximum absolute atomic E-state index is 12.9. The van der Waals surface area contributed by atoms with Gasteiger partial charge in [-0.25, -0.2) is 9.37 Å². The summed E-state index contributed by atoms with van der Waals surface area (Å²) in [5.41, 5.74) is 7.54. The molecule has 2 aromatic rings. The predicted octanol–water partition coefficient (Wildman–Crippen LogP) is 3.06. The number of hydrogen-bond acceptors (Lipinski definition) is 4. The number of rotatable bonds is 2. The van der Waals surface area contributed by atoms with Gasteiger partial charge >= 0.3 is 0 Å². The average molecular weight is 259 g/mol. The molecule has 0 saturated heterocycles. The summed E-state index contributed by atoms with van der Waals surface area (Å²) in [5, 5.41) is 9.00. The van der Waals surface area contributed by atoms with E-state index in [-0.39, 0.29) is 11.6 Å². The minimum Gasteiger partial charge on any atom is -0.383 e. The molecule has 0 atom stereocenters. The molecule has 0 amide bonds. The Hall–Kier alpha value is -2.06. The van der Waals surface area contributed by atoms with Crippen LogP contribution >= 0.6 is 11.8 Å². The first kappa shape index (κ1) is 12.4. The van der Waals surface area contributed by atoms with E-state index in [1.54, 1.807) is 18.2 Å². The highest BCUT2D eigenvalue weighted by atomic mass is 32.2. The van der Waals surface area contributed by atoms with Gasteiger partial charge in [0.25, 0.3) is 0 Å². The third-order valence-corrected chi connectivity index (χ3v) is 3.24. The number of hydrogen-bond donors (Lipinski definition) is 1. The number of thioether (sulfide) groups is 1. The minimum atomic E-state index is -0.301. The fourth-order valence-electron chi connectivity index (χ4n) is 1.58. The summed E-state index contributed by atoms with van der Waals surface area (Å²) in [4.78, 5) is 4.94. The van der Waals surface area contributed by atoms with Crippen LogP contribution in [-0.4, -0.2) is 11.2 Å². The van der Waals surface area contributed by atoms with Crippen molar-refractivity contribution in [1.82, 2.24) is 4.98 Å².